The third-order valence-corrected chi connectivity index (χ3v) is 12.5. The van der Waals surface area contributed by atoms with Crippen LogP contribution in [0.2, 0.25) is 0 Å². The van der Waals surface area contributed by atoms with E-state index in [0.717, 1.165) is 22.7 Å². The number of anilines is 3. The number of benzene rings is 11. The van der Waals surface area contributed by atoms with Crippen LogP contribution < -0.4 is 4.90 Å². The Kier molecular flexibility index (Phi) is 8.53. The van der Waals surface area contributed by atoms with Gasteiger partial charge in [-0.1, -0.05) is 182 Å². The summed E-state index contributed by atoms with van der Waals surface area (Å²) >= 11 is 0. The summed E-state index contributed by atoms with van der Waals surface area (Å²) in [7, 11) is 0. The maximum absolute atomic E-state index is 2.45. The van der Waals surface area contributed by atoms with E-state index in [9.17, 15) is 0 Å². The van der Waals surface area contributed by atoms with Crippen molar-refractivity contribution in [3.8, 4) is 39.1 Å². The summed E-state index contributed by atoms with van der Waals surface area (Å²) in [5, 5.41) is 9.97. The second kappa shape index (κ2) is 14.8. The molecule has 12 rings (SSSR count). The summed E-state index contributed by atoms with van der Waals surface area (Å²) in [6, 6.07) is 88.5. The van der Waals surface area contributed by atoms with Crippen molar-refractivity contribution in [3.05, 3.63) is 243 Å². The van der Waals surface area contributed by atoms with E-state index in [2.05, 4.69) is 252 Å². The van der Waals surface area contributed by atoms with Crippen molar-refractivity contribution in [2.24, 2.45) is 0 Å². The van der Waals surface area contributed by atoms with Gasteiger partial charge in [-0.3, -0.25) is 0 Å². The van der Waals surface area contributed by atoms with Gasteiger partial charge < -0.3 is 9.47 Å². The fourth-order valence-corrected chi connectivity index (χ4v) is 9.61. The Bertz CT molecular complexity index is 3610. The maximum atomic E-state index is 2.45. The molecular weight excluding hydrogens is 749 g/mol. The minimum Gasteiger partial charge on any atom is -0.310 e. The van der Waals surface area contributed by atoms with Crippen LogP contribution in [-0.4, -0.2) is 4.57 Å². The monoisotopic (exact) mass is 788 g/mol. The van der Waals surface area contributed by atoms with Crippen molar-refractivity contribution in [2.45, 2.75) is 0 Å². The summed E-state index contributed by atoms with van der Waals surface area (Å²) in [6.45, 7) is 0. The molecule has 0 N–H and O–H groups in total. The minimum absolute atomic E-state index is 1.09. The van der Waals surface area contributed by atoms with E-state index in [1.807, 2.05) is 0 Å². The van der Waals surface area contributed by atoms with Crippen LogP contribution in [-0.2, 0) is 0 Å². The molecular formula is C60H40N2. The van der Waals surface area contributed by atoms with Crippen molar-refractivity contribution in [1.29, 1.82) is 0 Å². The molecule has 0 fully saturated rings. The molecule has 12 aromatic rings. The molecule has 0 amide bonds. The standard InChI is InChI=1S/C60H40N2/c1-2-19-49(20-3-1)62-58-26-12-25-55(59(58)57-38-33-44-15-7-9-23-56(44)60(57)62)48-18-10-21-52(40-48)61(50-34-29-42(30-35-50)47-28-27-41-13-4-5-16-46(41)39-47)51-36-31-45(32-37-51)54-24-11-17-43-14-6-8-22-53(43)54/h1-40H. The second-order valence-corrected chi connectivity index (χ2v) is 16.1. The highest BCUT2D eigenvalue weighted by atomic mass is 15.1. The molecule has 0 saturated heterocycles. The zero-order valence-electron chi connectivity index (χ0n) is 34.0. The molecule has 1 aromatic heterocycles. The van der Waals surface area contributed by atoms with E-state index >= 15 is 0 Å². The summed E-state index contributed by atoms with van der Waals surface area (Å²) in [4.78, 5) is 2.39. The van der Waals surface area contributed by atoms with E-state index < -0.39 is 0 Å². The summed E-state index contributed by atoms with van der Waals surface area (Å²) < 4.78 is 2.45. The zero-order chi connectivity index (χ0) is 41.0. The van der Waals surface area contributed by atoms with Gasteiger partial charge in [0.25, 0.3) is 0 Å². The van der Waals surface area contributed by atoms with Crippen molar-refractivity contribution in [3.63, 3.8) is 0 Å². The lowest BCUT2D eigenvalue weighted by Gasteiger charge is -2.26. The molecule has 1 heterocycles. The first-order valence-electron chi connectivity index (χ1n) is 21.3. The molecule has 2 nitrogen and oxygen atoms in total. The maximum Gasteiger partial charge on any atom is 0.0619 e. The molecule has 0 aliphatic carbocycles. The van der Waals surface area contributed by atoms with Gasteiger partial charge in [-0.05, 0) is 121 Å². The molecule has 0 aliphatic heterocycles. The number of rotatable bonds is 7. The van der Waals surface area contributed by atoms with E-state index in [4.69, 9.17) is 0 Å². The van der Waals surface area contributed by atoms with Crippen LogP contribution in [0.1, 0.15) is 0 Å². The fraction of sp³-hybridized carbons (Fsp3) is 0. The quantitative estimate of drug-likeness (QED) is 0.156. The SMILES string of the molecule is c1ccc(-n2c3cccc(-c4cccc(N(c5ccc(-c6ccc7ccccc7c6)cc5)c5ccc(-c6cccc7ccccc67)cc5)c4)c3c3ccc4ccccc4c32)cc1. The topological polar surface area (TPSA) is 8.17 Å². The smallest absolute Gasteiger partial charge is 0.0619 e. The lowest BCUT2D eigenvalue weighted by molar-refractivity contribution is 1.19. The van der Waals surface area contributed by atoms with Crippen LogP contribution in [0.25, 0.3) is 93.2 Å². The Morgan fingerprint density at radius 1 is 0.290 bits per heavy atom. The van der Waals surface area contributed by atoms with Crippen LogP contribution in [0.3, 0.4) is 0 Å². The molecule has 0 bridgehead atoms. The molecule has 0 spiro atoms. The number of nitrogens with zero attached hydrogens (tertiary/aromatic N) is 2. The third-order valence-electron chi connectivity index (χ3n) is 12.5. The molecule has 62 heavy (non-hydrogen) atoms. The van der Waals surface area contributed by atoms with Crippen LogP contribution in [0.15, 0.2) is 243 Å². The van der Waals surface area contributed by atoms with Crippen LogP contribution in [0.5, 0.6) is 0 Å². The molecule has 2 heteroatoms. The number of para-hydroxylation sites is 1. The second-order valence-electron chi connectivity index (χ2n) is 16.1. The average molecular weight is 789 g/mol. The van der Waals surface area contributed by atoms with Crippen molar-refractivity contribution < 1.29 is 0 Å². The molecule has 11 aromatic carbocycles. The van der Waals surface area contributed by atoms with Crippen LogP contribution >= 0.6 is 0 Å². The van der Waals surface area contributed by atoms with Crippen molar-refractivity contribution >= 4 is 71.2 Å². The Balaban J connectivity index is 1.02. The zero-order valence-corrected chi connectivity index (χ0v) is 34.0. The summed E-state index contributed by atoms with van der Waals surface area (Å²) in [5.74, 6) is 0. The third kappa shape index (κ3) is 6.04. The van der Waals surface area contributed by atoms with E-state index in [0.29, 0.717) is 0 Å². The van der Waals surface area contributed by atoms with Crippen molar-refractivity contribution in [2.75, 3.05) is 4.90 Å². The number of hydrogen-bond acceptors (Lipinski definition) is 1. The average Bonchev–Trinajstić information content (AvgIpc) is 3.70. The van der Waals surface area contributed by atoms with Crippen LogP contribution in [0.4, 0.5) is 17.1 Å². The lowest BCUT2D eigenvalue weighted by atomic mass is 9.97. The van der Waals surface area contributed by atoms with E-state index in [1.165, 1.54) is 87.5 Å². The predicted octanol–water partition coefficient (Wildman–Crippen LogP) is 16.7. The first-order valence-corrected chi connectivity index (χ1v) is 21.3. The van der Waals surface area contributed by atoms with Gasteiger partial charge in [0.2, 0.25) is 0 Å². The number of hydrogen-bond donors (Lipinski definition) is 0. The largest absolute Gasteiger partial charge is 0.310 e. The van der Waals surface area contributed by atoms with Crippen LogP contribution in [0, 0.1) is 0 Å². The van der Waals surface area contributed by atoms with Gasteiger partial charge in [-0.2, -0.15) is 0 Å². The Labute approximate surface area is 360 Å². The van der Waals surface area contributed by atoms with Gasteiger partial charge >= 0.3 is 0 Å². The van der Waals surface area contributed by atoms with Gasteiger partial charge in [0, 0.05) is 38.9 Å². The highest BCUT2D eigenvalue weighted by molar-refractivity contribution is 6.22. The number of aromatic nitrogens is 1. The van der Waals surface area contributed by atoms with Gasteiger partial charge in [0.1, 0.15) is 0 Å². The predicted molar refractivity (Wildman–Crippen MR) is 264 cm³/mol. The fourth-order valence-electron chi connectivity index (χ4n) is 9.61. The molecule has 290 valence electrons. The molecule has 0 aliphatic rings. The first-order chi connectivity index (χ1) is 30.7. The summed E-state index contributed by atoms with van der Waals surface area (Å²) in [6.07, 6.45) is 0. The Morgan fingerprint density at radius 2 is 0.871 bits per heavy atom. The molecule has 0 saturated carbocycles. The molecule has 0 atom stereocenters. The van der Waals surface area contributed by atoms with E-state index in [-0.39, 0.29) is 0 Å². The highest BCUT2D eigenvalue weighted by Gasteiger charge is 2.20. The van der Waals surface area contributed by atoms with Gasteiger partial charge in [-0.25, -0.2) is 0 Å². The van der Waals surface area contributed by atoms with Crippen molar-refractivity contribution in [1.82, 2.24) is 4.57 Å². The van der Waals surface area contributed by atoms with Gasteiger partial charge in [-0.15, -0.1) is 0 Å². The Morgan fingerprint density at radius 3 is 1.66 bits per heavy atom. The molecule has 0 radical (unpaired) electrons. The first kappa shape index (κ1) is 35.7. The highest BCUT2D eigenvalue weighted by Crippen LogP contribution is 2.44. The normalized spacial score (nSPS) is 11.5. The number of fused-ring (bicyclic) bond motifs is 7. The van der Waals surface area contributed by atoms with E-state index in [1.54, 1.807) is 0 Å². The summed E-state index contributed by atoms with van der Waals surface area (Å²) in [5.41, 5.74) is 14.0. The Hall–Kier alpha value is -8.20. The molecule has 0 unspecified atom stereocenters. The van der Waals surface area contributed by atoms with Gasteiger partial charge in [0.15, 0.2) is 0 Å². The van der Waals surface area contributed by atoms with Gasteiger partial charge in [0.05, 0.1) is 11.0 Å². The lowest BCUT2D eigenvalue weighted by Crippen LogP contribution is -2.10. The minimum atomic E-state index is 1.09.